The summed E-state index contributed by atoms with van der Waals surface area (Å²) >= 11 is 1.16. The molecule has 3 aromatic rings. The highest BCUT2D eigenvalue weighted by Gasteiger charge is 2.28. The van der Waals surface area contributed by atoms with Crippen LogP contribution in [-0.4, -0.2) is 61.4 Å². The van der Waals surface area contributed by atoms with E-state index in [0.29, 0.717) is 40.2 Å². The lowest BCUT2D eigenvalue weighted by atomic mass is 10.1. The van der Waals surface area contributed by atoms with Gasteiger partial charge in [-0.2, -0.15) is 5.10 Å². The number of thiazole rings is 1. The fourth-order valence-corrected chi connectivity index (χ4v) is 4.64. The summed E-state index contributed by atoms with van der Waals surface area (Å²) in [6.45, 7) is 6.50. The number of phenols is 1. The summed E-state index contributed by atoms with van der Waals surface area (Å²) in [4.78, 5) is 31.9. The number of anilines is 3. The van der Waals surface area contributed by atoms with Crippen LogP contribution in [0.25, 0.3) is 0 Å². The highest BCUT2D eigenvalue weighted by molar-refractivity contribution is 7.17. The van der Waals surface area contributed by atoms with E-state index in [9.17, 15) is 19.8 Å². The number of aryl methyl sites for hydroxylation is 2. The first kappa shape index (κ1) is 23.7. The van der Waals surface area contributed by atoms with Gasteiger partial charge in [0.05, 0.1) is 18.5 Å². The van der Waals surface area contributed by atoms with Gasteiger partial charge < -0.3 is 25.7 Å². The van der Waals surface area contributed by atoms with Crippen LogP contribution >= 0.6 is 11.3 Å². The summed E-state index contributed by atoms with van der Waals surface area (Å²) in [7, 11) is 0. The molecule has 1 unspecified atom stereocenters. The van der Waals surface area contributed by atoms with Gasteiger partial charge in [-0.1, -0.05) is 17.4 Å². The lowest BCUT2D eigenvalue weighted by Crippen LogP contribution is -2.37. The van der Waals surface area contributed by atoms with Crippen LogP contribution in [0, 0.1) is 20.8 Å². The third-order valence-electron chi connectivity index (χ3n) is 5.95. The molecule has 1 atom stereocenters. The monoisotopic (exact) mass is 484 g/mol. The summed E-state index contributed by atoms with van der Waals surface area (Å²) in [5, 5.41) is 30.7. The van der Waals surface area contributed by atoms with Gasteiger partial charge in [0.25, 0.3) is 5.91 Å². The third-order valence-corrected chi connectivity index (χ3v) is 6.86. The summed E-state index contributed by atoms with van der Waals surface area (Å²) in [6, 6.07) is 2.56. The average Bonchev–Trinajstić information content (AvgIpc) is 3.57. The number of aromatic hydroxyl groups is 1. The number of amides is 2. The molecular weight excluding hydrogens is 456 g/mol. The topological polar surface area (TPSA) is 133 Å². The molecule has 4 N–H and O–H groups in total. The maximum Gasteiger partial charge on any atom is 0.267 e. The van der Waals surface area contributed by atoms with E-state index < -0.39 is 6.04 Å². The number of aliphatic hydroxyl groups excluding tert-OH is 1. The number of phenolic OH excluding ortho intramolecular Hbond substituents is 1. The van der Waals surface area contributed by atoms with Crippen LogP contribution in [0.5, 0.6) is 5.75 Å². The van der Waals surface area contributed by atoms with Gasteiger partial charge in [0.2, 0.25) is 5.91 Å². The van der Waals surface area contributed by atoms with E-state index in [4.69, 9.17) is 0 Å². The van der Waals surface area contributed by atoms with Crippen molar-refractivity contribution in [3.63, 3.8) is 0 Å². The number of hydrogen-bond acceptors (Lipinski definition) is 8. The van der Waals surface area contributed by atoms with Crippen molar-refractivity contribution in [2.75, 3.05) is 30.3 Å². The molecule has 0 radical (unpaired) electrons. The van der Waals surface area contributed by atoms with Crippen molar-refractivity contribution < 1.29 is 19.8 Å². The van der Waals surface area contributed by atoms with E-state index >= 15 is 0 Å². The SMILES string of the molecule is Cc1cn(C(CO)C(=O)N2CCCC2)nc1Nc1ncc(C(=O)Nc2c(C)ccc(O)c2C)s1. The van der Waals surface area contributed by atoms with Crippen LogP contribution in [-0.2, 0) is 4.79 Å². The van der Waals surface area contributed by atoms with Gasteiger partial charge in [-0.15, -0.1) is 0 Å². The van der Waals surface area contributed by atoms with E-state index in [1.54, 1.807) is 30.2 Å². The Morgan fingerprint density at radius 2 is 1.91 bits per heavy atom. The molecule has 34 heavy (non-hydrogen) atoms. The molecule has 3 heterocycles. The summed E-state index contributed by atoms with van der Waals surface area (Å²) in [6.07, 6.45) is 5.13. The molecule has 2 aromatic heterocycles. The quantitative estimate of drug-likeness (QED) is 0.405. The van der Waals surface area contributed by atoms with Gasteiger partial charge in [0, 0.05) is 30.4 Å². The van der Waals surface area contributed by atoms with Gasteiger partial charge >= 0.3 is 0 Å². The number of hydrogen-bond donors (Lipinski definition) is 4. The van der Waals surface area contributed by atoms with E-state index in [-0.39, 0.29) is 24.2 Å². The Balaban J connectivity index is 1.47. The second-order valence-electron chi connectivity index (χ2n) is 8.38. The second kappa shape index (κ2) is 9.82. The van der Waals surface area contributed by atoms with Gasteiger partial charge in [-0.25, -0.2) is 4.98 Å². The fraction of sp³-hybridized carbons (Fsp3) is 0.391. The molecule has 180 valence electrons. The zero-order valence-corrected chi connectivity index (χ0v) is 20.1. The number of nitrogens with one attached hydrogen (secondary N) is 2. The lowest BCUT2D eigenvalue weighted by Gasteiger charge is -2.21. The van der Waals surface area contributed by atoms with Gasteiger partial charge in [-0.3, -0.25) is 14.3 Å². The van der Waals surface area contributed by atoms with Gasteiger partial charge in [-0.05, 0) is 45.2 Å². The molecule has 1 aliphatic heterocycles. The minimum Gasteiger partial charge on any atom is -0.508 e. The zero-order valence-electron chi connectivity index (χ0n) is 19.3. The molecule has 1 fully saturated rings. The summed E-state index contributed by atoms with van der Waals surface area (Å²) in [5.41, 5.74) is 2.79. The Hall–Kier alpha value is -3.44. The molecule has 0 saturated carbocycles. The minimum atomic E-state index is -0.779. The number of carbonyl (C=O) groups is 2. The Bertz CT molecular complexity index is 1210. The van der Waals surface area contributed by atoms with Crippen molar-refractivity contribution in [1.29, 1.82) is 0 Å². The van der Waals surface area contributed by atoms with Crippen LogP contribution in [0.3, 0.4) is 0 Å². The number of rotatable bonds is 7. The fourth-order valence-electron chi connectivity index (χ4n) is 3.93. The smallest absolute Gasteiger partial charge is 0.267 e. The predicted octanol–water partition coefficient (Wildman–Crippen LogP) is 3.12. The summed E-state index contributed by atoms with van der Waals surface area (Å²) < 4.78 is 1.48. The molecule has 4 rings (SSSR count). The molecule has 2 amide bonds. The third kappa shape index (κ3) is 4.75. The molecule has 1 aliphatic rings. The second-order valence-corrected chi connectivity index (χ2v) is 9.41. The first-order chi connectivity index (χ1) is 16.3. The highest BCUT2D eigenvalue weighted by atomic mass is 32.1. The van der Waals surface area contributed by atoms with E-state index in [0.717, 1.165) is 35.3 Å². The van der Waals surface area contributed by atoms with Crippen LogP contribution in [0.1, 0.15) is 45.2 Å². The Morgan fingerprint density at radius 3 is 2.62 bits per heavy atom. The largest absolute Gasteiger partial charge is 0.508 e. The van der Waals surface area contributed by atoms with E-state index in [1.807, 2.05) is 13.8 Å². The zero-order chi connectivity index (χ0) is 24.4. The Kier molecular flexibility index (Phi) is 6.85. The van der Waals surface area contributed by atoms with Crippen molar-refractivity contribution in [1.82, 2.24) is 19.7 Å². The van der Waals surface area contributed by atoms with Crippen LogP contribution < -0.4 is 10.6 Å². The summed E-state index contributed by atoms with van der Waals surface area (Å²) in [5.74, 6) is 0.137. The van der Waals surface area contributed by atoms with E-state index in [1.165, 1.54) is 10.9 Å². The number of benzene rings is 1. The minimum absolute atomic E-state index is 0.114. The van der Waals surface area contributed by atoms with Gasteiger partial charge in [0.15, 0.2) is 17.0 Å². The van der Waals surface area contributed by atoms with Crippen molar-refractivity contribution in [2.24, 2.45) is 0 Å². The maximum atomic E-state index is 12.8. The first-order valence-corrected chi connectivity index (χ1v) is 11.9. The van der Waals surface area contributed by atoms with Crippen molar-refractivity contribution in [3.05, 3.63) is 46.1 Å². The number of aliphatic hydroxyl groups is 1. The normalized spacial score (nSPS) is 14.3. The van der Waals surface area contributed by atoms with Crippen LogP contribution in [0.15, 0.2) is 24.5 Å². The molecule has 0 aliphatic carbocycles. The molecule has 0 spiro atoms. The average molecular weight is 485 g/mol. The molecule has 1 aromatic carbocycles. The Labute approximate surface area is 201 Å². The maximum absolute atomic E-state index is 12.8. The van der Waals surface area contributed by atoms with Crippen LogP contribution in [0.2, 0.25) is 0 Å². The number of likely N-dealkylation sites (tertiary alicyclic amines) is 1. The standard InChI is InChI=1S/C23H28N6O4S/c1-13-6-7-17(31)15(3)19(13)25-21(32)18-10-24-23(34-18)26-20-14(2)11-29(27-20)16(12-30)22(33)28-8-4-5-9-28/h6-7,10-11,16,30-31H,4-5,8-9,12H2,1-3H3,(H,25,32)(H,24,26,27). The molecule has 11 heteroatoms. The van der Waals surface area contributed by atoms with Crippen molar-refractivity contribution in [2.45, 2.75) is 39.7 Å². The molecule has 0 bridgehead atoms. The van der Waals surface area contributed by atoms with E-state index in [2.05, 4.69) is 20.7 Å². The molecule has 10 nitrogen and oxygen atoms in total. The Morgan fingerprint density at radius 1 is 1.18 bits per heavy atom. The lowest BCUT2D eigenvalue weighted by molar-refractivity contribution is -0.135. The molecular formula is C23H28N6O4S. The van der Waals surface area contributed by atoms with Gasteiger partial charge in [0.1, 0.15) is 10.6 Å². The number of aromatic nitrogens is 3. The van der Waals surface area contributed by atoms with Crippen molar-refractivity contribution >= 4 is 39.8 Å². The molecule has 1 saturated heterocycles. The number of nitrogens with zero attached hydrogens (tertiary/aromatic N) is 4. The van der Waals surface area contributed by atoms with Crippen molar-refractivity contribution in [3.8, 4) is 5.75 Å². The predicted molar refractivity (Wildman–Crippen MR) is 130 cm³/mol. The first-order valence-electron chi connectivity index (χ1n) is 11.1. The van der Waals surface area contributed by atoms with Crippen LogP contribution in [0.4, 0.5) is 16.6 Å². The number of carbonyl (C=O) groups excluding carboxylic acids is 2. The highest BCUT2D eigenvalue weighted by Crippen LogP contribution is 2.30.